The summed E-state index contributed by atoms with van der Waals surface area (Å²) in [6, 6.07) is 10.1. The third-order valence-electron chi connectivity index (χ3n) is 2.39. The normalized spacial score (nSPS) is 15.7. The van der Waals surface area contributed by atoms with Gasteiger partial charge >= 0.3 is 0 Å². The highest BCUT2D eigenvalue weighted by atomic mass is 32.2. The van der Waals surface area contributed by atoms with Crippen LogP contribution in [0.4, 0.5) is 0 Å². The van der Waals surface area contributed by atoms with Gasteiger partial charge in [0.05, 0.1) is 5.75 Å². The van der Waals surface area contributed by atoms with Crippen LogP contribution in [-0.2, 0) is 9.84 Å². The summed E-state index contributed by atoms with van der Waals surface area (Å²) in [5, 5.41) is 3.27. The van der Waals surface area contributed by atoms with Crippen molar-refractivity contribution in [1.82, 2.24) is 5.32 Å². The average Bonchev–Trinajstić information content (AvgIpc) is 2.16. The number of hydrogen-bond donors (Lipinski definition) is 1. The third kappa shape index (κ3) is 4.77. The summed E-state index contributed by atoms with van der Waals surface area (Å²) in [5.41, 5.74) is 1.17. The van der Waals surface area contributed by atoms with E-state index in [2.05, 4.69) is 5.32 Å². The van der Waals surface area contributed by atoms with Crippen molar-refractivity contribution in [3.8, 4) is 0 Å². The van der Waals surface area contributed by atoms with Gasteiger partial charge in [-0.2, -0.15) is 0 Å². The quantitative estimate of drug-likeness (QED) is 0.854. The Balaban J connectivity index is 2.55. The van der Waals surface area contributed by atoms with Crippen molar-refractivity contribution in [3.05, 3.63) is 35.9 Å². The predicted octanol–water partition coefficient (Wildman–Crippen LogP) is 1.77. The first-order valence-corrected chi connectivity index (χ1v) is 7.43. The fourth-order valence-electron chi connectivity index (χ4n) is 1.77. The molecule has 2 atom stereocenters. The SMILES string of the molecule is CC(CS(C)(=O)=O)N[C@@H](C)c1ccccc1. The first-order valence-electron chi connectivity index (χ1n) is 5.37. The van der Waals surface area contributed by atoms with Crippen LogP contribution in [0.5, 0.6) is 0 Å². The summed E-state index contributed by atoms with van der Waals surface area (Å²) in [7, 11) is -2.91. The maximum Gasteiger partial charge on any atom is 0.148 e. The van der Waals surface area contributed by atoms with Gasteiger partial charge in [0.25, 0.3) is 0 Å². The zero-order valence-electron chi connectivity index (χ0n) is 9.97. The Hall–Kier alpha value is -0.870. The second-order valence-corrected chi connectivity index (χ2v) is 6.48. The lowest BCUT2D eigenvalue weighted by Gasteiger charge is -2.19. The zero-order valence-corrected chi connectivity index (χ0v) is 10.8. The number of nitrogens with one attached hydrogen (secondary N) is 1. The van der Waals surface area contributed by atoms with E-state index in [0.29, 0.717) is 0 Å². The Morgan fingerprint density at radius 2 is 1.75 bits per heavy atom. The lowest BCUT2D eigenvalue weighted by molar-refractivity contribution is 0.501. The Morgan fingerprint density at radius 3 is 2.25 bits per heavy atom. The van der Waals surface area contributed by atoms with Crippen molar-refractivity contribution in [2.45, 2.75) is 25.9 Å². The molecule has 0 amide bonds. The molecule has 0 radical (unpaired) electrons. The summed E-state index contributed by atoms with van der Waals surface area (Å²) < 4.78 is 22.2. The summed E-state index contributed by atoms with van der Waals surface area (Å²) in [6.45, 7) is 3.93. The van der Waals surface area contributed by atoms with Crippen molar-refractivity contribution in [2.24, 2.45) is 0 Å². The predicted molar refractivity (Wildman–Crippen MR) is 67.2 cm³/mol. The minimum absolute atomic E-state index is 0.0368. The van der Waals surface area contributed by atoms with Crippen molar-refractivity contribution < 1.29 is 8.42 Å². The first-order chi connectivity index (χ1) is 7.38. The van der Waals surface area contributed by atoms with Crippen LogP contribution in [0.2, 0.25) is 0 Å². The van der Waals surface area contributed by atoms with Gasteiger partial charge in [-0.1, -0.05) is 30.3 Å². The molecule has 1 N–H and O–H groups in total. The average molecular weight is 241 g/mol. The van der Waals surface area contributed by atoms with Crippen LogP contribution in [0.15, 0.2) is 30.3 Å². The molecule has 90 valence electrons. The van der Waals surface area contributed by atoms with Crippen LogP contribution in [0.25, 0.3) is 0 Å². The van der Waals surface area contributed by atoms with Crippen molar-refractivity contribution in [1.29, 1.82) is 0 Å². The fourth-order valence-corrected chi connectivity index (χ4v) is 2.77. The van der Waals surface area contributed by atoms with E-state index in [9.17, 15) is 8.42 Å². The Labute approximate surface area is 97.8 Å². The number of benzene rings is 1. The molecule has 1 aromatic rings. The van der Waals surface area contributed by atoms with Gasteiger partial charge in [0.1, 0.15) is 9.84 Å². The van der Waals surface area contributed by atoms with E-state index in [1.807, 2.05) is 44.2 Å². The second-order valence-electron chi connectivity index (χ2n) is 4.29. The zero-order chi connectivity index (χ0) is 12.2. The molecular weight excluding hydrogens is 222 g/mol. The molecule has 0 aromatic heterocycles. The van der Waals surface area contributed by atoms with Gasteiger partial charge in [0.15, 0.2) is 0 Å². The van der Waals surface area contributed by atoms with Gasteiger partial charge in [-0.05, 0) is 19.4 Å². The molecule has 1 aromatic carbocycles. The van der Waals surface area contributed by atoms with Crippen molar-refractivity contribution in [2.75, 3.05) is 12.0 Å². The highest BCUT2D eigenvalue weighted by Crippen LogP contribution is 2.12. The molecule has 0 saturated carbocycles. The molecule has 4 heteroatoms. The highest BCUT2D eigenvalue weighted by Gasteiger charge is 2.13. The number of rotatable bonds is 5. The smallest absolute Gasteiger partial charge is 0.148 e. The van der Waals surface area contributed by atoms with E-state index >= 15 is 0 Å². The van der Waals surface area contributed by atoms with Gasteiger partial charge in [0.2, 0.25) is 0 Å². The maximum absolute atomic E-state index is 11.1. The minimum atomic E-state index is -2.91. The molecule has 0 bridgehead atoms. The van der Waals surface area contributed by atoms with Crippen LogP contribution < -0.4 is 5.32 Å². The molecular formula is C12H19NO2S. The second kappa shape index (κ2) is 5.46. The molecule has 1 rings (SSSR count). The van der Waals surface area contributed by atoms with Gasteiger partial charge in [-0.25, -0.2) is 8.42 Å². The Kier molecular flexibility index (Phi) is 4.50. The topological polar surface area (TPSA) is 46.2 Å². The molecule has 0 fully saturated rings. The van der Waals surface area contributed by atoms with Gasteiger partial charge in [-0.15, -0.1) is 0 Å². The fraction of sp³-hybridized carbons (Fsp3) is 0.500. The molecule has 0 aliphatic heterocycles. The largest absolute Gasteiger partial charge is 0.307 e. The summed E-state index contributed by atoms with van der Waals surface area (Å²) >= 11 is 0. The maximum atomic E-state index is 11.1. The van der Waals surface area contributed by atoms with E-state index in [1.165, 1.54) is 11.8 Å². The lowest BCUT2D eigenvalue weighted by atomic mass is 10.1. The first kappa shape index (κ1) is 13.2. The third-order valence-corrected chi connectivity index (χ3v) is 3.49. The Morgan fingerprint density at radius 1 is 1.19 bits per heavy atom. The van der Waals surface area contributed by atoms with Crippen LogP contribution in [-0.4, -0.2) is 26.5 Å². The summed E-state index contributed by atoms with van der Waals surface area (Å²) in [6.07, 6.45) is 1.26. The number of sulfone groups is 1. The Bertz CT molecular complexity index is 414. The van der Waals surface area contributed by atoms with E-state index in [4.69, 9.17) is 0 Å². The van der Waals surface area contributed by atoms with Crippen LogP contribution >= 0.6 is 0 Å². The summed E-state index contributed by atoms with van der Waals surface area (Å²) in [4.78, 5) is 0. The van der Waals surface area contributed by atoms with E-state index in [-0.39, 0.29) is 17.8 Å². The van der Waals surface area contributed by atoms with E-state index in [0.717, 1.165) is 0 Å². The van der Waals surface area contributed by atoms with Crippen molar-refractivity contribution >= 4 is 9.84 Å². The standard InChI is InChI=1S/C12H19NO2S/c1-10(9-16(3,14)15)13-11(2)12-7-5-4-6-8-12/h4-8,10-11,13H,9H2,1-3H3/t10?,11-/m0/s1. The highest BCUT2D eigenvalue weighted by molar-refractivity contribution is 7.90. The minimum Gasteiger partial charge on any atom is -0.307 e. The van der Waals surface area contributed by atoms with Crippen molar-refractivity contribution in [3.63, 3.8) is 0 Å². The van der Waals surface area contributed by atoms with E-state index < -0.39 is 9.84 Å². The molecule has 0 aliphatic carbocycles. The molecule has 0 aliphatic rings. The van der Waals surface area contributed by atoms with Gasteiger partial charge < -0.3 is 5.32 Å². The van der Waals surface area contributed by atoms with E-state index in [1.54, 1.807) is 0 Å². The summed E-state index contributed by atoms with van der Waals surface area (Å²) in [5.74, 6) is 0.171. The monoisotopic (exact) mass is 241 g/mol. The van der Waals surface area contributed by atoms with Crippen LogP contribution in [0.3, 0.4) is 0 Å². The van der Waals surface area contributed by atoms with Gasteiger partial charge in [0, 0.05) is 18.3 Å². The molecule has 3 nitrogen and oxygen atoms in total. The van der Waals surface area contributed by atoms with Gasteiger partial charge in [-0.3, -0.25) is 0 Å². The molecule has 0 saturated heterocycles. The molecule has 1 unspecified atom stereocenters. The molecule has 0 heterocycles. The lowest BCUT2D eigenvalue weighted by Crippen LogP contribution is -2.34. The number of hydrogen-bond acceptors (Lipinski definition) is 3. The molecule has 0 spiro atoms. The molecule has 16 heavy (non-hydrogen) atoms. The van der Waals surface area contributed by atoms with Crippen LogP contribution in [0, 0.1) is 0 Å². The van der Waals surface area contributed by atoms with Crippen LogP contribution in [0.1, 0.15) is 25.5 Å².